The number of nitrogens with zero attached hydrogens (tertiary/aromatic N) is 3. The van der Waals surface area contributed by atoms with E-state index in [9.17, 15) is 4.79 Å². The molecule has 0 aliphatic carbocycles. The van der Waals surface area contributed by atoms with Crippen molar-refractivity contribution in [1.29, 1.82) is 0 Å². The molecule has 1 fully saturated rings. The number of carbonyl (C=O) groups is 1. The monoisotopic (exact) mass is 320 g/mol. The molecule has 2 aromatic heterocycles. The van der Waals surface area contributed by atoms with Crippen molar-refractivity contribution in [3.8, 4) is 0 Å². The van der Waals surface area contributed by atoms with Gasteiger partial charge < -0.3 is 4.52 Å². The lowest BCUT2D eigenvalue weighted by molar-refractivity contribution is -0.118. The predicted octanol–water partition coefficient (Wildman–Crippen LogP) is 2.91. The zero-order valence-electron chi connectivity index (χ0n) is 12.8. The Kier molecular flexibility index (Phi) is 4.54. The van der Waals surface area contributed by atoms with Gasteiger partial charge in [-0.15, -0.1) is 11.3 Å². The van der Waals surface area contributed by atoms with Crippen LogP contribution < -0.4 is 5.32 Å². The van der Waals surface area contributed by atoms with Crippen molar-refractivity contribution < 1.29 is 9.32 Å². The molecule has 0 bridgehead atoms. The van der Waals surface area contributed by atoms with Crippen LogP contribution in [0.4, 0.5) is 5.88 Å². The molecule has 1 atom stereocenters. The van der Waals surface area contributed by atoms with E-state index in [0.717, 1.165) is 35.8 Å². The minimum atomic E-state index is -0.0728. The molecule has 3 rings (SSSR count). The molecule has 0 spiro atoms. The average molecular weight is 320 g/mol. The Morgan fingerprint density at radius 3 is 3.00 bits per heavy atom. The normalized spacial score (nSPS) is 19.3. The van der Waals surface area contributed by atoms with E-state index >= 15 is 0 Å². The van der Waals surface area contributed by atoms with Gasteiger partial charge in [0.2, 0.25) is 11.8 Å². The molecule has 6 nitrogen and oxygen atoms in total. The van der Waals surface area contributed by atoms with Crippen LogP contribution in [0, 0.1) is 13.8 Å². The summed E-state index contributed by atoms with van der Waals surface area (Å²) in [6.45, 7) is 5.10. The van der Waals surface area contributed by atoms with Crippen LogP contribution in [0.5, 0.6) is 0 Å². The number of carbonyl (C=O) groups excluding carboxylic acids is 1. The number of rotatable bonds is 4. The number of hydrogen-bond donors (Lipinski definition) is 1. The van der Waals surface area contributed by atoms with Gasteiger partial charge in [-0.2, -0.15) is 0 Å². The molecular weight excluding hydrogens is 300 g/mol. The van der Waals surface area contributed by atoms with E-state index in [2.05, 4.69) is 25.7 Å². The van der Waals surface area contributed by atoms with Gasteiger partial charge in [-0.25, -0.2) is 4.98 Å². The van der Waals surface area contributed by atoms with E-state index in [4.69, 9.17) is 4.52 Å². The second-order valence-electron chi connectivity index (χ2n) is 5.69. The number of aryl methyl sites for hydroxylation is 2. The largest absolute Gasteiger partial charge is 0.338 e. The zero-order chi connectivity index (χ0) is 15.5. The van der Waals surface area contributed by atoms with Crippen LogP contribution in [0.3, 0.4) is 0 Å². The number of aromatic nitrogens is 2. The van der Waals surface area contributed by atoms with Crippen LogP contribution in [0.25, 0.3) is 0 Å². The molecule has 0 radical (unpaired) electrons. The maximum absolute atomic E-state index is 12.2. The average Bonchev–Trinajstić information content (AvgIpc) is 3.08. The van der Waals surface area contributed by atoms with E-state index in [1.54, 1.807) is 17.4 Å². The van der Waals surface area contributed by atoms with E-state index in [1.165, 1.54) is 6.42 Å². The topological polar surface area (TPSA) is 71.3 Å². The molecule has 1 aliphatic heterocycles. The van der Waals surface area contributed by atoms with Gasteiger partial charge in [-0.1, -0.05) is 11.6 Å². The van der Waals surface area contributed by atoms with E-state index < -0.39 is 0 Å². The van der Waals surface area contributed by atoms with Crippen LogP contribution in [0.2, 0.25) is 0 Å². The number of anilines is 1. The second-order valence-corrected chi connectivity index (χ2v) is 6.58. The summed E-state index contributed by atoms with van der Waals surface area (Å²) in [5.41, 5.74) is 1.80. The van der Waals surface area contributed by atoms with Gasteiger partial charge in [0.15, 0.2) is 0 Å². The lowest BCUT2D eigenvalue weighted by atomic mass is 10.0. The SMILES string of the molecule is Cc1cc(NC(=O)CN2CCCC[C@@H]2c2nc(C)cs2)on1. The standard InChI is InChI=1S/C15H20N4O2S/c1-10-7-14(21-18-10)17-13(20)8-19-6-4-3-5-12(19)15-16-11(2)9-22-15/h7,9,12H,3-6,8H2,1-2H3,(H,17,20)/t12-/m1/s1. The Morgan fingerprint density at radius 2 is 2.32 bits per heavy atom. The highest BCUT2D eigenvalue weighted by Gasteiger charge is 2.27. The number of amides is 1. The maximum Gasteiger partial charge on any atom is 0.240 e. The first-order chi connectivity index (χ1) is 10.6. The van der Waals surface area contributed by atoms with Gasteiger partial charge in [0.25, 0.3) is 0 Å². The summed E-state index contributed by atoms with van der Waals surface area (Å²) < 4.78 is 5.03. The number of thiazole rings is 1. The van der Waals surface area contributed by atoms with Crippen molar-refractivity contribution in [2.45, 2.75) is 39.2 Å². The molecule has 1 amide bonds. The Hall–Kier alpha value is -1.73. The fourth-order valence-electron chi connectivity index (χ4n) is 2.77. The van der Waals surface area contributed by atoms with Crippen molar-refractivity contribution in [3.05, 3.63) is 27.8 Å². The first kappa shape index (κ1) is 15.2. The van der Waals surface area contributed by atoms with Gasteiger partial charge in [0, 0.05) is 17.1 Å². The summed E-state index contributed by atoms with van der Waals surface area (Å²) >= 11 is 1.68. The highest BCUT2D eigenvalue weighted by molar-refractivity contribution is 7.09. The van der Waals surface area contributed by atoms with Crippen LogP contribution in [-0.4, -0.2) is 34.0 Å². The Morgan fingerprint density at radius 1 is 1.45 bits per heavy atom. The minimum Gasteiger partial charge on any atom is -0.338 e. The van der Waals surface area contributed by atoms with Crippen molar-refractivity contribution in [3.63, 3.8) is 0 Å². The lowest BCUT2D eigenvalue weighted by Gasteiger charge is -2.33. The Labute approximate surface area is 133 Å². The summed E-state index contributed by atoms with van der Waals surface area (Å²) in [7, 11) is 0. The summed E-state index contributed by atoms with van der Waals surface area (Å²) in [6, 6.07) is 1.96. The zero-order valence-corrected chi connectivity index (χ0v) is 13.7. The van der Waals surface area contributed by atoms with E-state index in [-0.39, 0.29) is 11.9 Å². The van der Waals surface area contributed by atoms with Gasteiger partial charge in [-0.05, 0) is 33.2 Å². The van der Waals surface area contributed by atoms with E-state index in [0.29, 0.717) is 12.4 Å². The van der Waals surface area contributed by atoms with Crippen molar-refractivity contribution in [1.82, 2.24) is 15.0 Å². The first-order valence-electron chi connectivity index (χ1n) is 7.51. The third-order valence-electron chi connectivity index (χ3n) is 3.77. The molecule has 22 heavy (non-hydrogen) atoms. The minimum absolute atomic E-state index is 0.0728. The third-order valence-corrected chi connectivity index (χ3v) is 4.84. The summed E-state index contributed by atoms with van der Waals surface area (Å²) in [5, 5.41) is 9.71. The fourth-order valence-corrected chi connectivity index (χ4v) is 3.73. The summed E-state index contributed by atoms with van der Waals surface area (Å²) in [5.74, 6) is 0.331. The number of piperidine rings is 1. The molecular formula is C15H20N4O2S. The molecule has 118 valence electrons. The highest BCUT2D eigenvalue weighted by Crippen LogP contribution is 2.32. The molecule has 0 saturated carbocycles. The molecule has 1 saturated heterocycles. The highest BCUT2D eigenvalue weighted by atomic mass is 32.1. The molecule has 1 aliphatic rings. The molecule has 0 aromatic carbocycles. The van der Waals surface area contributed by atoms with E-state index in [1.807, 2.05) is 13.8 Å². The van der Waals surface area contributed by atoms with Gasteiger partial charge in [0.1, 0.15) is 5.01 Å². The first-order valence-corrected chi connectivity index (χ1v) is 8.39. The quantitative estimate of drug-likeness (QED) is 0.938. The number of hydrogen-bond acceptors (Lipinski definition) is 6. The molecule has 2 aromatic rings. The third kappa shape index (κ3) is 3.53. The Bertz CT molecular complexity index is 652. The summed E-state index contributed by atoms with van der Waals surface area (Å²) in [6.07, 6.45) is 3.36. The summed E-state index contributed by atoms with van der Waals surface area (Å²) in [4.78, 5) is 19.0. The smallest absolute Gasteiger partial charge is 0.240 e. The van der Waals surface area contributed by atoms with Crippen molar-refractivity contribution in [2.24, 2.45) is 0 Å². The molecule has 1 N–H and O–H groups in total. The molecule has 0 unspecified atom stereocenters. The van der Waals surface area contributed by atoms with Crippen molar-refractivity contribution in [2.75, 3.05) is 18.4 Å². The molecule has 7 heteroatoms. The van der Waals surface area contributed by atoms with Gasteiger partial charge in [0.05, 0.1) is 18.3 Å². The lowest BCUT2D eigenvalue weighted by Crippen LogP contribution is -2.39. The second kappa shape index (κ2) is 6.58. The van der Waals surface area contributed by atoms with Gasteiger partial charge in [-0.3, -0.25) is 15.0 Å². The van der Waals surface area contributed by atoms with Crippen LogP contribution in [0.1, 0.15) is 41.7 Å². The van der Waals surface area contributed by atoms with Crippen LogP contribution in [-0.2, 0) is 4.79 Å². The van der Waals surface area contributed by atoms with Gasteiger partial charge >= 0.3 is 0 Å². The molecule has 3 heterocycles. The van der Waals surface area contributed by atoms with Crippen molar-refractivity contribution >= 4 is 23.1 Å². The Balaban J connectivity index is 1.64. The fraction of sp³-hybridized carbons (Fsp3) is 0.533. The number of nitrogens with one attached hydrogen (secondary N) is 1. The van der Waals surface area contributed by atoms with Crippen LogP contribution >= 0.6 is 11.3 Å². The van der Waals surface area contributed by atoms with Crippen LogP contribution in [0.15, 0.2) is 16.0 Å². The predicted molar refractivity (Wildman–Crippen MR) is 84.9 cm³/mol. The number of likely N-dealkylation sites (tertiary alicyclic amines) is 1. The maximum atomic E-state index is 12.2.